The minimum Gasteiger partial charge on any atom is -0.389 e. The minimum absolute atomic E-state index is 0.484. The van der Waals surface area contributed by atoms with E-state index >= 15 is 0 Å². The summed E-state index contributed by atoms with van der Waals surface area (Å²) in [5.41, 5.74) is 0.647. The van der Waals surface area contributed by atoms with E-state index in [1.807, 2.05) is 11.9 Å². The van der Waals surface area contributed by atoms with Gasteiger partial charge in [0.1, 0.15) is 11.8 Å². The topological polar surface area (TPSA) is 77.9 Å². The molecule has 0 aliphatic rings. The van der Waals surface area contributed by atoms with E-state index in [1.165, 1.54) is 6.33 Å². The lowest BCUT2D eigenvalue weighted by atomic mass is 10.1. The summed E-state index contributed by atoms with van der Waals surface area (Å²) in [6, 6.07) is 0. The van der Waals surface area contributed by atoms with Crippen LogP contribution in [0.3, 0.4) is 0 Å². The summed E-state index contributed by atoms with van der Waals surface area (Å²) >= 11 is 0. The van der Waals surface area contributed by atoms with Gasteiger partial charge in [-0.3, -0.25) is 0 Å². The maximum absolute atomic E-state index is 9.76. The first-order chi connectivity index (χ1) is 7.47. The van der Waals surface area contributed by atoms with E-state index in [2.05, 4.69) is 19.9 Å². The van der Waals surface area contributed by atoms with Crippen molar-refractivity contribution < 1.29 is 5.11 Å². The summed E-state index contributed by atoms with van der Waals surface area (Å²) in [7, 11) is 1.88. The molecule has 0 saturated carbocycles. The second-order valence-electron chi connectivity index (χ2n) is 4.47. The van der Waals surface area contributed by atoms with Gasteiger partial charge in [0.05, 0.1) is 11.9 Å². The molecule has 0 radical (unpaired) electrons. The number of aromatic amines is 1. The fraction of sp³-hybridized carbons (Fsp3) is 0.500. The van der Waals surface area contributed by atoms with Crippen LogP contribution in [0.5, 0.6) is 0 Å². The molecule has 2 aromatic heterocycles. The van der Waals surface area contributed by atoms with Crippen molar-refractivity contribution in [2.45, 2.75) is 19.4 Å². The van der Waals surface area contributed by atoms with E-state index in [-0.39, 0.29) is 0 Å². The number of aromatic nitrogens is 4. The maximum atomic E-state index is 9.76. The van der Waals surface area contributed by atoms with Gasteiger partial charge >= 0.3 is 0 Å². The van der Waals surface area contributed by atoms with Gasteiger partial charge in [-0.25, -0.2) is 15.0 Å². The van der Waals surface area contributed by atoms with E-state index in [0.717, 1.165) is 11.3 Å². The molecule has 0 fully saturated rings. The average molecular weight is 221 g/mol. The number of hydrogen-bond donors (Lipinski definition) is 2. The smallest absolute Gasteiger partial charge is 0.182 e. The van der Waals surface area contributed by atoms with Gasteiger partial charge in [0, 0.05) is 13.6 Å². The Morgan fingerprint density at radius 1 is 1.38 bits per heavy atom. The second kappa shape index (κ2) is 3.71. The van der Waals surface area contributed by atoms with Crippen LogP contribution < -0.4 is 4.90 Å². The van der Waals surface area contributed by atoms with E-state index < -0.39 is 5.60 Å². The monoisotopic (exact) mass is 221 g/mol. The maximum Gasteiger partial charge on any atom is 0.182 e. The molecule has 16 heavy (non-hydrogen) atoms. The molecule has 2 N–H and O–H groups in total. The van der Waals surface area contributed by atoms with Crippen molar-refractivity contribution >= 4 is 17.0 Å². The molecule has 0 unspecified atom stereocenters. The van der Waals surface area contributed by atoms with Crippen molar-refractivity contribution in [3.05, 3.63) is 12.7 Å². The number of fused-ring (bicyclic) bond motifs is 1. The standard InChI is InChI=1S/C10H15N5O/c1-10(2,16)4-15(3)9-7-8(12-5-11-7)13-6-14-9/h5-6,16H,4H2,1-3H3,(H,11,12,13,14). The quantitative estimate of drug-likeness (QED) is 0.791. The van der Waals surface area contributed by atoms with Gasteiger partial charge in [-0.15, -0.1) is 0 Å². The van der Waals surface area contributed by atoms with E-state index in [1.54, 1.807) is 20.2 Å². The minimum atomic E-state index is -0.772. The van der Waals surface area contributed by atoms with Gasteiger partial charge in [-0.2, -0.15) is 0 Å². The molecule has 2 rings (SSSR count). The highest BCUT2D eigenvalue weighted by Crippen LogP contribution is 2.19. The molecule has 0 atom stereocenters. The zero-order valence-corrected chi connectivity index (χ0v) is 9.60. The lowest BCUT2D eigenvalue weighted by Gasteiger charge is -2.26. The largest absolute Gasteiger partial charge is 0.389 e. The van der Waals surface area contributed by atoms with Crippen LogP contribution >= 0.6 is 0 Å². The van der Waals surface area contributed by atoms with Crippen molar-refractivity contribution in [3.63, 3.8) is 0 Å². The summed E-state index contributed by atoms with van der Waals surface area (Å²) < 4.78 is 0. The number of likely N-dealkylation sites (N-methyl/N-ethyl adjacent to an activating group) is 1. The number of H-pyrrole nitrogens is 1. The predicted molar refractivity (Wildman–Crippen MR) is 61.3 cm³/mol. The first-order valence-electron chi connectivity index (χ1n) is 5.05. The number of aliphatic hydroxyl groups is 1. The van der Waals surface area contributed by atoms with Gasteiger partial charge < -0.3 is 15.0 Å². The Morgan fingerprint density at radius 3 is 2.81 bits per heavy atom. The Hall–Kier alpha value is -1.69. The van der Waals surface area contributed by atoms with E-state index in [0.29, 0.717) is 12.2 Å². The van der Waals surface area contributed by atoms with Gasteiger partial charge in [0.15, 0.2) is 11.5 Å². The highest BCUT2D eigenvalue weighted by Gasteiger charge is 2.18. The molecular weight excluding hydrogens is 206 g/mol. The zero-order valence-electron chi connectivity index (χ0n) is 9.60. The number of nitrogens with one attached hydrogen (secondary N) is 1. The summed E-state index contributed by atoms with van der Waals surface area (Å²) in [6.07, 6.45) is 3.06. The molecule has 2 aromatic rings. The second-order valence-corrected chi connectivity index (χ2v) is 4.47. The van der Waals surface area contributed by atoms with Crippen LogP contribution in [-0.4, -0.2) is 44.2 Å². The molecule has 0 spiro atoms. The van der Waals surface area contributed by atoms with Crippen LogP contribution in [0.4, 0.5) is 5.82 Å². The third-order valence-electron chi connectivity index (χ3n) is 2.19. The van der Waals surface area contributed by atoms with Gasteiger partial charge in [-0.1, -0.05) is 0 Å². The normalized spacial score (nSPS) is 12.0. The Labute approximate surface area is 93.4 Å². The third-order valence-corrected chi connectivity index (χ3v) is 2.19. The van der Waals surface area contributed by atoms with Gasteiger partial charge in [0.25, 0.3) is 0 Å². The van der Waals surface area contributed by atoms with Gasteiger partial charge in [0.2, 0.25) is 0 Å². The van der Waals surface area contributed by atoms with E-state index in [9.17, 15) is 5.11 Å². The molecule has 0 saturated heterocycles. The molecule has 6 heteroatoms. The first kappa shape index (κ1) is 10.8. The lowest BCUT2D eigenvalue weighted by Crippen LogP contribution is -2.36. The highest BCUT2D eigenvalue weighted by atomic mass is 16.3. The fourth-order valence-corrected chi connectivity index (χ4v) is 1.70. The molecule has 0 aromatic carbocycles. The molecule has 0 bridgehead atoms. The molecular formula is C10H15N5O. The van der Waals surface area contributed by atoms with Crippen LogP contribution in [0.1, 0.15) is 13.8 Å². The number of anilines is 1. The van der Waals surface area contributed by atoms with Crippen LogP contribution in [0.15, 0.2) is 12.7 Å². The molecule has 6 nitrogen and oxygen atoms in total. The summed E-state index contributed by atoms with van der Waals surface area (Å²) in [5.74, 6) is 0.740. The molecule has 86 valence electrons. The Balaban J connectivity index is 2.36. The van der Waals surface area contributed by atoms with Crippen molar-refractivity contribution in [3.8, 4) is 0 Å². The summed E-state index contributed by atoms with van der Waals surface area (Å²) in [4.78, 5) is 17.2. The lowest BCUT2D eigenvalue weighted by molar-refractivity contribution is 0.0885. The fourth-order valence-electron chi connectivity index (χ4n) is 1.70. The number of rotatable bonds is 3. The van der Waals surface area contributed by atoms with Gasteiger partial charge in [-0.05, 0) is 13.8 Å². The van der Waals surface area contributed by atoms with Crippen molar-refractivity contribution in [1.82, 2.24) is 19.9 Å². The number of nitrogens with zero attached hydrogens (tertiary/aromatic N) is 4. The highest BCUT2D eigenvalue weighted by molar-refractivity contribution is 5.82. The molecule has 0 aliphatic carbocycles. The van der Waals surface area contributed by atoms with Crippen LogP contribution in [-0.2, 0) is 0 Å². The SMILES string of the molecule is CN(CC(C)(C)O)c1ncnc2nc[nH]c12. The predicted octanol–water partition coefficient (Wildman–Crippen LogP) is 0.560. The number of imidazole rings is 1. The van der Waals surface area contributed by atoms with Crippen LogP contribution in [0, 0.1) is 0 Å². The van der Waals surface area contributed by atoms with Crippen molar-refractivity contribution in [1.29, 1.82) is 0 Å². The van der Waals surface area contributed by atoms with Crippen LogP contribution in [0.25, 0.3) is 11.2 Å². The molecule has 0 amide bonds. The average Bonchev–Trinajstić information content (AvgIpc) is 2.61. The first-order valence-corrected chi connectivity index (χ1v) is 5.05. The molecule has 2 heterocycles. The van der Waals surface area contributed by atoms with Crippen molar-refractivity contribution in [2.75, 3.05) is 18.5 Å². The third kappa shape index (κ3) is 2.11. The van der Waals surface area contributed by atoms with Crippen molar-refractivity contribution in [2.24, 2.45) is 0 Å². The van der Waals surface area contributed by atoms with E-state index in [4.69, 9.17) is 0 Å². The molecule has 0 aliphatic heterocycles. The Bertz CT molecular complexity index is 487. The Morgan fingerprint density at radius 2 is 2.12 bits per heavy atom. The Kier molecular flexibility index (Phi) is 2.51. The van der Waals surface area contributed by atoms with Crippen LogP contribution in [0.2, 0.25) is 0 Å². The summed E-state index contributed by atoms with van der Waals surface area (Å²) in [6.45, 7) is 4.00. The zero-order chi connectivity index (χ0) is 11.8. The number of hydrogen-bond acceptors (Lipinski definition) is 5. The summed E-state index contributed by atoms with van der Waals surface area (Å²) in [5, 5.41) is 9.76.